The number of hydrogen-bond donors (Lipinski definition) is 2. The topological polar surface area (TPSA) is 58.9 Å². The van der Waals surface area contributed by atoms with E-state index in [0.29, 0.717) is 32.1 Å². The summed E-state index contributed by atoms with van der Waals surface area (Å²) >= 11 is 0. The molecule has 2 N–H and O–H groups in total. The first-order valence-corrected chi connectivity index (χ1v) is 13.9. The van der Waals surface area contributed by atoms with Crippen LogP contribution in [0, 0.1) is 29.4 Å². The molecule has 5 unspecified atom stereocenters. The Balaban J connectivity index is 1.35. The number of allylic oxidation sites excluding steroid dienone is 3. The predicted octanol–water partition coefficient (Wildman–Crippen LogP) is 7.34. The SMILES string of the molecule is C=CCCOC1CC=C(C2C=CC(C(O)Oc3ccc(C4CCC(C(C)O)CC4)c(F)c3F)CC2)C(F)=C1F. The van der Waals surface area contributed by atoms with Gasteiger partial charge in [0.1, 0.15) is 6.10 Å². The highest BCUT2D eigenvalue weighted by molar-refractivity contribution is 5.38. The number of aliphatic hydroxyl groups is 2. The fourth-order valence-electron chi connectivity index (χ4n) is 5.88. The molecule has 0 aromatic heterocycles. The zero-order valence-electron chi connectivity index (χ0n) is 22.3. The van der Waals surface area contributed by atoms with Crippen LogP contribution in [0.15, 0.2) is 60.2 Å². The largest absolute Gasteiger partial charge is 0.461 e. The van der Waals surface area contributed by atoms with E-state index in [1.54, 1.807) is 31.2 Å². The molecule has 1 aromatic carbocycles. The maximum absolute atomic E-state index is 14.9. The number of hydrogen-bond acceptors (Lipinski definition) is 4. The molecule has 0 amide bonds. The van der Waals surface area contributed by atoms with Gasteiger partial charge in [-0.15, -0.1) is 6.58 Å². The Labute approximate surface area is 227 Å². The number of halogens is 4. The maximum Gasteiger partial charge on any atom is 0.203 e. The molecule has 0 aliphatic heterocycles. The quantitative estimate of drug-likeness (QED) is 0.139. The van der Waals surface area contributed by atoms with Crippen LogP contribution < -0.4 is 4.74 Å². The Bertz CT molecular complexity index is 1100. The molecular formula is C31H38F4O4. The van der Waals surface area contributed by atoms with Gasteiger partial charge >= 0.3 is 0 Å². The van der Waals surface area contributed by atoms with E-state index in [1.807, 2.05) is 0 Å². The fraction of sp³-hybridized carbons (Fsp3) is 0.548. The summed E-state index contributed by atoms with van der Waals surface area (Å²) in [7, 11) is 0. The van der Waals surface area contributed by atoms with Crippen LogP contribution >= 0.6 is 0 Å². The van der Waals surface area contributed by atoms with Crippen molar-refractivity contribution in [3.05, 3.63) is 77.4 Å². The first-order chi connectivity index (χ1) is 18.7. The van der Waals surface area contributed by atoms with Gasteiger partial charge in [0, 0.05) is 11.8 Å². The van der Waals surface area contributed by atoms with E-state index >= 15 is 0 Å². The minimum Gasteiger partial charge on any atom is -0.461 e. The third kappa shape index (κ3) is 6.84. The molecule has 1 aromatic rings. The van der Waals surface area contributed by atoms with Crippen LogP contribution in [0.5, 0.6) is 5.75 Å². The highest BCUT2D eigenvalue weighted by atomic mass is 19.2. The van der Waals surface area contributed by atoms with E-state index in [-0.39, 0.29) is 47.7 Å². The van der Waals surface area contributed by atoms with Gasteiger partial charge in [-0.05, 0) is 87.3 Å². The number of rotatable bonds is 10. The van der Waals surface area contributed by atoms with E-state index in [0.717, 1.165) is 12.8 Å². The highest BCUT2D eigenvalue weighted by Crippen LogP contribution is 2.41. The summed E-state index contributed by atoms with van der Waals surface area (Å²) < 4.78 is 70.0. The number of ether oxygens (including phenoxy) is 2. The zero-order chi connectivity index (χ0) is 28.1. The second-order valence-electron chi connectivity index (χ2n) is 10.9. The lowest BCUT2D eigenvalue weighted by molar-refractivity contribution is -0.0549. The van der Waals surface area contributed by atoms with E-state index in [1.165, 1.54) is 12.1 Å². The monoisotopic (exact) mass is 550 g/mol. The van der Waals surface area contributed by atoms with E-state index < -0.39 is 47.7 Å². The van der Waals surface area contributed by atoms with Crippen molar-refractivity contribution in [2.75, 3.05) is 6.61 Å². The summed E-state index contributed by atoms with van der Waals surface area (Å²) in [5, 5.41) is 20.4. The lowest BCUT2D eigenvalue weighted by atomic mass is 9.77. The summed E-state index contributed by atoms with van der Waals surface area (Å²) in [6.45, 7) is 5.60. The third-order valence-corrected chi connectivity index (χ3v) is 8.32. The van der Waals surface area contributed by atoms with Crippen LogP contribution in [0.2, 0.25) is 0 Å². The van der Waals surface area contributed by atoms with Crippen LogP contribution in [0.1, 0.15) is 69.8 Å². The van der Waals surface area contributed by atoms with Gasteiger partial charge in [0.05, 0.1) is 12.7 Å². The van der Waals surface area contributed by atoms with Crippen molar-refractivity contribution in [1.82, 2.24) is 0 Å². The minimum absolute atomic E-state index is 0.131. The highest BCUT2D eigenvalue weighted by Gasteiger charge is 2.33. The predicted molar refractivity (Wildman–Crippen MR) is 141 cm³/mol. The summed E-state index contributed by atoms with van der Waals surface area (Å²) in [6.07, 6.45) is 8.31. The van der Waals surface area contributed by atoms with Crippen molar-refractivity contribution in [2.45, 2.75) is 82.7 Å². The van der Waals surface area contributed by atoms with Crippen molar-refractivity contribution >= 4 is 0 Å². The molecule has 214 valence electrons. The second kappa shape index (κ2) is 13.3. The van der Waals surface area contributed by atoms with Gasteiger partial charge in [0.2, 0.25) is 12.1 Å². The van der Waals surface area contributed by atoms with Crippen LogP contribution in [0.4, 0.5) is 17.6 Å². The molecule has 4 nitrogen and oxygen atoms in total. The average molecular weight is 551 g/mol. The smallest absolute Gasteiger partial charge is 0.203 e. The molecule has 0 heterocycles. The van der Waals surface area contributed by atoms with Gasteiger partial charge in [0.15, 0.2) is 23.2 Å². The summed E-state index contributed by atoms with van der Waals surface area (Å²) in [4.78, 5) is 0. The minimum atomic E-state index is -1.43. The molecule has 5 atom stereocenters. The van der Waals surface area contributed by atoms with E-state index in [9.17, 15) is 27.8 Å². The molecule has 0 spiro atoms. The third-order valence-electron chi connectivity index (χ3n) is 8.32. The van der Waals surface area contributed by atoms with Gasteiger partial charge < -0.3 is 19.7 Å². The lowest BCUT2D eigenvalue weighted by Crippen LogP contribution is -2.29. The summed E-state index contributed by atoms with van der Waals surface area (Å²) in [5.41, 5.74) is 0.544. The molecule has 1 saturated carbocycles. The molecule has 1 fully saturated rings. The molecule has 0 radical (unpaired) electrons. The standard InChI is InChI=1S/C31H38F4O4/c1-3-4-17-38-25-15-13-23(27(32)29(25)34)21-9-11-22(12-10-21)31(37)39-26-16-14-24(28(33)30(26)35)20-7-5-19(6-8-20)18(2)36/h3,9,11,13-14,16,18-22,25,31,36-37H,1,4-8,10,12,15,17H2,2H3. The zero-order valence-corrected chi connectivity index (χ0v) is 22.3. The van der Waals surface area contributed by atoms with Crippen molar-refractivity contribution < 1.29 is 37.2 Å². The molecule has 0 saturated heterocycles. The Morgan fingerprint density at radius 1 is 1.00 bits per heavy atom. The molecule has 8 heteroatoms. The second-order valence-corrected chi connectivity index (χ2v) is 10.9. The van der Waals surface area contributed by atoms with Gasteiger partial charge in [-0.2, -0.15) is 4.39 Å². The Morgan fingerprint density at radius 3 is 2.38 bits per heavy atom. The first-order valence-electron chi connectivity index (χ1n) is 13.9. The van der Waals surface area contributed by atoms with Gasteiger partial charge in [-0.25, -0.2) is 13.2 Å². The average Bonchev–Trinajstić information content (AvgIpc) is 2.94. The molecule has 0 bridgehead atoms. The Hall–Kier alpha value is -2.42. The normalized spacial score (nSPS) is 29.1. The van der Waals surface area contributed by atoms with Crippen molar-refractivity contribution in [3.63, 3.8) is 0 Å². The first kappa shape index (κ1) is 29.6. The maximum atomic E-state index is 14.9. The van der Waals surface area contributed by atoms with Crippen molar-refractivity contribution in [3.8, 4) is 5.75 Å². The van der Waals surface area contributed by atoms with Crippen LogP contribution in [0.3, 0.4) is 0 Å². The number of aliphatic hydroxyl groups excluding tert-OH is 2. The number of benzene rings is 1. The molecule has 3 aliphatic rings. The molecule has 4 rings (SSSR count). The van der Waals surface area contributed by atoms with Gasteiger partial charge in [0.25, 0.3) is 0 Å². The van der Waals surface area contributed by atoms with Crippen LogP contribution in [-0.4, -0.2) is 35.3 Å². The Kier molecular flexibility index (Phi) is 10.1. The van der Waals surface area contributed by atoms with Crippen LogP contribution in [0.25, 0.3) is 0 Å². The van der Waals surface area contributed by atoms with E-state index in [2.05, 4.69) is 6.58 Å². The lowest BCUT2D eigenvalue weighted by Gasteiger charge is -2.31. The van der Waals surface area contributed by atoms with Crippen LogP contribution in [-0.2, 0) is 4.74 Å². The molecular weight excluding hydrogens is 512 g/mol. The van der Waals surface area contributed by atoms with Crippen molar-refractivity contribution in [1.29, 1.82) is 0 Å². The van der Waals surface area contributed by atoms with Gasteiger partial charge in [-0.1, -0.05) is 30.4 Å². The molecule has 39 heavy (non-hydrogen) atoms. The summed E-state index contributed by atoms with van der Waals surface area (Å²) in [6, 6.07) is 2.85. The Morgan fingerprint density at radius 2 is 1.74 bits per heavy atom. The molecule has 3 aliphatic carbocycles. The van der Waals surface area contributed by atoms with E-state index in [4.69, 9.17) is 9.47 Å². The summed E-state index contributed by atoms with van der Waals surface area (Å²) in [5.74, 6) is -5.14. The van der Waals surface area contributed by atoms with Gasteiger partial charge in [-0.3, -0.25) is 0 Å². The fourth-order valence-corrected chi connectivity index (χ4v) is 5.88. The van der Waals surface area contributed by atoms with Crippen molar-refractivity contribution in [2.24, 2.45) is 17.8 Å².